The van der Waals surface area contributed by atoms with Gasteiger partial charge in [-0.05, 0) is 39.5 Å². The summed E-state index contributed by atoms with van der Waals surface area (Å²) in [5.41, 5.74) is 1.40. The molecular formula is C16H29N3O2. The van der Waals surface area contributed by atoms with Crippen LogP contribution in [-0.2, 0) is 9.47 Å². The Balaban J connectivity index is 1.76. The van der Waals surface area contributed by atoms with Crippen LogP contribution in [-0.4, -0.2) is 51.0 Å². The van der Waals surface area contributed by atoms with Crippen LogP contribution in [0.2, 0.25) is 0 Å². The molecule has 1 unspecified atom stereocenters. The van der Waals surface area contributed by atoms with Crippen molar-refractivity contribution in [1.82, 2.24) is 10.6 Å². The Morgan fingerprint density at radius 3 is 2.95 bits per heavy atom. The minimum Gasteiger partial charge on any atom is -0.377 e. The van der Waals surface area contributed by atoms with Crippen LogP contribution >= 0.6 is 0 Å². The van der Waals surface area contributed by atoms with E-state index in [1.807, 2.05) is 0 Å². The van der Waals surface area contributed by atoms with Gasteiger partial charge in [0, 0.05) is 19.7 Å². The Hall–Kier alpha value is -1.07. The van der Waals surface area contributed by atoms with Crippen molar-refractivity contribution in [3.8, 4) is 0 Å². The summed E-state index contributed by atoms with van der Waals surface area (Å²) in [6.07, 6.45) is 6.56. The van der Waals surface area contributed by atoms with Crippen molar-refractivity contribution in [2.45, 2.75) is 45.1 Å². The van der Waals surface area contributed by atoms with Gasteiger partial charge in [0.15, 0.2) is 5.96 Å². The van der Waals surface area contributed by atoms with Gasteiger partial charge in [0.25, 0.3) is 0 Å². The first-order valence-electron chi connectivity index (χ1n) is 8.14. The van der Waals surface area contributed by atoms with Gasteiger partial charge in [0.1, 0.15) is 0 Å². The first kappa shape index (κ1) is 16.3. The Bertz CT molecular complexity index is 374. The summed E-state index contributed by atoms with van der Waals surface area (Å²) in [6, 6.07) is 0. The van der Waals surface area contributed by atoms with E-state index >= 15 is 0 Å². The molecule has 1 saturated heterocycles. The molecule has 0 radical (unpaired) electrons. The zero-order chi connectivity index (χ0) is 15.0. The summed E-state index contributed by atoms with van der Waals surface area (Å²) in [5, 5.41) is 6.71. The summed E-state index contributed by atoms with van der Waals surface area (Å²) in [4.78, 5) is 4.68. The SMILES string of the molecule is CCNC(=NCC1(C)CCCO1)NCCC1=CCOCC1. The van der Waals surface area contributed by atoms with E-state index in [1.54, 1.807) is 0 Å². The van der Waals surface area contributed by atoms with Crippen LogP contribution in [0, 0.1) is 0 Å². The average molecular weight is 295 g/mol. The summed E-state index contributed by atoms with van der Waals surface area (Å²) in [7, 11) is 0. The summed E-state index contributed by atoms with van der Waals surface area (Å²) in [6.45, 7) is 9.24. The smallest absolute Gasteiger partial charge is 0.191 e. The number of ether oxygens (including phenoxy) is 2. The molecule has 5 heteroatoms. The fraction of sp³-hybridized carbons (Fsp3) is 0.812. The van der Waals surface area contributed by atoms with Crippen molar-refractivity contribution in [2.75, 3.05) is 39.5 Å². The molecule has 2 rings (SSSR count). The van der Waals surface area contributed by atoms with E-state index in [2.05, 4.69) is 35.5 Å². The lowest BCUT2D eigenvalue weighted by Crippen LogP contribution is -2.39. The highest BCUT2D eigenvalue weighted by Crippen LogP contribution is 2.24. The van der Waals surface area contributed by atoms with Gasteiger partial charge >= 0.3 is 0 Å². The zero-order valence-corrected chi connectivity index (χ0v) is 13.4. The minimum absolute atomic E-state index is 0.0778. The highest BCUT2D eigenvalue weighted by atomic mass is 16.5. The highest BCUT2D eigenvalue weighted by molar-refractivity contribution is 5.79. The van der Waals surface area contributed by atoms with Crippen molar-refractivity contribution in [3.05, 3.63) is 11.6 Å². The molecule has 1 fully saturated rings. The van der Waals surface area contributed by atoms with Gasteiger partial charge in [-0.2, -0.15) is 0 Å². The molecule has 1 atom stereocenters. The lowest BCUT2D eigenvalue weighted by atomic mass is 10.0. The Morgan fingerprint density at radius 1 is 1.38 bits per heavy atom. The quantitative estimate of drug-likeness (QED) is 0.446. The van der Waals surface area contributed by atoms with Crippen molar-refractivity contribution in [3.63, 3.8) is 0 Å². The molecule has 2 aliphatic heterocycles. The van der Waals surface area contributed by atoms with Crippen LogP contribution < -0.4 is 10.6 Å². The van der Waals surface area contributed by atoms with Gasteiger partial charge in [-0.25, -0.2) is 0 Å². The number of hydrogen-bond donors (Lipinski definition) is 2. The van der Waals surface area contributed by atoms with E-state index < -0.39 is 0 Å². The van der Waals surface area contributed by atoms with Crippen LogP contribution in [0.15, 0.2) is 16.6 Å². The number of nitrogens with zero attached hydrogens (tertiary/aromatic N) is 1. The fourth-order valence-corrected chi connectivity index (χ4v) is 2.68. The number of guanidine groups is 1. The number of rotatable bonds is 6. The number of hydrogen-bond acceptors (Lipinski definition) is 3. The molecule has 0 aromatic carbocycles. The van der Waals surface area contributed by atoms with E-state index in [4.69, 9.17) is 9.47 Å². The topological polar surface area (TPSA) is 54.9 Å². The van der Waals surface area contributed by atoms with Gasteiger partial charge in [-0.15, -0.1) is 0 Å². The second kappa shape index (κ2) is 8.39. The van der Waals surface area contributed by atoms with Crippen molar-refractivity contribution < 1.29 is 9.47 Å². The lowest BCUT2D eigenvalue weighted by Gasteiger charge is -2.21. The maximum Gasteiger partial charge on any atom is 0.191 e. The summed E-state index contributed by atoms with van der Waals surface area (Å²) in [5.74, 6) is 0.891. The van der Waals surface area contributed by atoms with E-state index in [1.165, 1.54) is 5.57 Å². The molecule has 21 heavy (non-hydrogen) atoms. The maximum atomic E-state index is 5.78. The van der Waals surface area contributed by atoms with Crippen LogP contribution in [0.1, 0.15) is 39.5 Å². The van der Waals surface area contributed by atoms with Crippen molar-refractivity contribution >= 4 is 5.96 Å². The van der Waals surface area contributed by atoms with Crippen LogP contribution in [0.4, 0.5) is 0 Å². The molecule has 0 aromatic rings. The van der Waals surface area contributed by atoms with Crippen molar-refractivity contribution in [2.24, 2.45) is 4.99 Å². The first-order chi connectivity index (χ1) is 10.2. The van der Waals surface area contributed by atoms with Gasteiger partial charge in [0.2, 0.25) is 0 Å². The second-order valence-corrected chi connectivity index (χ2v) is 5.96. The summed E-state index contributed by atoms with van der Waals surface area (Å²) >= 11 is 0. The Kier molecular flexibility index (Phi) is 6.51. The van der Waals surface area contributed by atoms with E-state index in [0.717, 1.165) is 71.1 Å². The molecule has 0 aromatic heterocycles. The second-order valence-electron chi connectivity index (χ2n) is 5.96. The monoisotopic (exact) mass is 295 g/mol. The first-order valence-corrected chi connectivity index (χ1v) is 8.14. The zero-order valence-electron chi connectivity index (χ0n) is 13.4. The molecule has 0 amide bonds. The van der Waals surface area contributed by atoms with Crippen molar-refractivity contribution in [1.29, 1.82) is 0 Å². The Morgan fingerprint density at radius 2 is 2.29 bits per heavy atom. The summed E-state index contributed by atoms with van der Waals surface area (Å²) < 4.78 is 11.1. The molecular weight excluding hydrogens is 266 g/mol. The molecule has 120 valence electrons. The van der Waals surface area contributed by atoms with E-state index in [-0.39, 0.29) is 5.60 Å². The van der Waals surface area contributed by atoms with Gasteiger partial charge in [0.05, 0.1) is 25.4 Å². The van der Waals surface area contributed by atoms with Crippen LogP contribution in [0.3, 0.4) is 0 Å². The lowest BCUT2D eigenvalue weighted by molar-refractivity contribution is 0.0283. The highest BCUT2D eigenvalue weighted by Gasteiger charge is 2.29. The third kappa shape index (κ3) is 5.67. The van der Waals surface area contributed by atoms with Crippen LogP contribution in [0.25, 0.3) is 0 Å². The normalized spacial score (nSPS) is 26.6. The van der Waals surface area contributed by atoms with E-state index in [9.17, 15) is 0 Å². The van der Waals surface area contributed by atoms with Gasteiger partial charge < -0.3 is 20.1 Å². The Labute approximate surface area is 128 Å². The van der Waals surface area contributed by atoms with E-state index in [0.29, 0.717) is 0 Å². The predicted octanol–water partition coefficient (Wildman–Crippen LogP) is 1.85. The largest absolute Gasteiger partial charge is 0.377 e. The molecule has 2 N–H and O–H groups in total. The molecule has 0 bridgehead atoms. The minimum atomic E-state index is -0.0778. The number of aliphatic imine (C=N–C) groups is 1. The molecule has 0 aliphatic carbocycles. The third-order valence-electron chi connectivity index (χ3n) is 4.01. The van der Waals surface area contributed by atoms with Gasteiger partial charge in [-0.1, -0.05) is 11.6 Å². The third-order valence-corrected chi connectivity index (χ3v) is 4.01. The number of nitrogens with one attached hydrogen (secondary N) is 2. The molecule has 5 nitrogen and oxygen atoms in total. The van der Waals surface area contributed by atoms with Crippen LogP contribution in [0.5, 0.6) is 0 Å². The van der Waals surface area contributed by atoms with Gasteiger partial charge in [-0.3, -0.25) is 4.99 Å². The predicted molar refractivity (Wildman–Crippen MR) is 85.7 cm³/mol. The molecule has 0 saturated carbocycles. The molecule has 0 spiro atoms. The fourth-order valence-electron chi connectivity index (χ4n) is 2.68. The average Bonchev–Trinajstić information content (AvgIpc) is 2.93. The maximum absolute atomic E-state index is 5.78. The standard InChI is InChI=1S/C16H29N3O2/c1-3-17-15(19-13-16(2)8-4-10-21-16)18-9-5-14-6-11-20-12-7-14/h6H,3-5,7-13H2,1-2H3,(H2,17,18,19). The molecule has 2 heterocycles. The molecule has 2 aliphatic rings.